The van der Waals surface area contributed by atoms with E-state index in [1.807, 2.05) is 24.3 Å². The number of aromatic amines is 2. The molecule has 24 heavy (non-hydrogen) atoms. The first-order chi connectivity index (χ1) is 11.7. The minimum absolute atomic E-state index is 0.0142. The Labute approximate surface area is 139 Å². The minimum Gasteiger partial charge on any atom is -0.361 e. The fraction of sp³-hybridized carbons (Fsp3) is 0.150. The molecule has 4 heteroatoms. The van der Waals surface area contributed by atoms with E-state index in [2.05, 4.69) is 51.9 Å². The van der Waals surface area contributed by atoms with Crippen LogP contribution in [0.4, 0.5) is 0 Å². The van der Waals surface area contributed by atoms with E-state index >= 15 is 0 Å². The maximum absolute atomic E-state index is 11.5. The highest BCUT2D eigenvalue weighted by molar-refractivity contribution is 5.88. The normalized spacial score (nSPS) is 11.4. The monoisotopic (exact) mass is 317 g/mol. The van der Waals surface area contributed by atoms with Gasteiger partial charge in [0.25, 0.3) is 0 Å². The van der Waals surface area contributed by atoms with E-state index in [1.54, 1.807) is 6.92 Å². The molecule has 0 aliphatic rings. The summed E-state index contributed by atoms with van der Waals surface area (Å²) in [6, 6.07) is 16.5. The van der Waals surface area contributed by atoms with E-state index in [0.29, 0.717) is 6.54 Å². The molecule has 0 aliphatic heterocycles. The summed E-state index contributed by atoms with van der Waals surface area (Å²) in [5.41, 5.74) is 4.62. The van der Waals surface area contributed by atoms with E-state index < -0.39 is 0 Å². The molecule has 4 aromatic rings. The summed E-state index contributed by atoms with van der Waals surface area (Å²) in [7, 11) is 0. The van der Waals surface area contributed by atoms with E-state index in [9.17, 15) is 4.79 Å². The third-order valence-electron chi connectivity index (χ3n) is 4.55. The van der Waals surface area contributed by atoms with Gasteiger partial charge in [-0.1, -0.05) is 36.4 Å². The standard InChI is InChI=1S/C20H19N3O/c1-13(24)21-10-18(16-11-22-19-8-4-2-6-14(16)19)17-12-23-20-9-5-3-7-15(17)20/h2-9,11-12,18,22-23H,10H2,1H3,(H,21,24). The number of aromatic nitrogens is 2. The van der Waals surface area contributed by atoms with Gasteiger partial charge in [0.15, 0.2) is 0 Å². The predicted octanol–water partition coefficient (Wildman–Crippen LogP) is 3.92. The zero-order valence-corrected chi connectivity index (χ0v) is 13.5. The zero-order valence-electron chi connectivity index (χ0n) is 13.5. The molecule has 0 atom stereocenters. The van der Waals surface area contributed by atoms with Crippen LogP contribution < -0.4 is 5.32 Å². The molecule has 0 radical (unpaired) electrons. The third kappa shape index (κ3) is 2.46. The van der Waals surface area contributed by atoms with Gasteiger partial charge in [0.05, 0.1) is 0 Å². The van der Waals surface area contributed by atoms with Gasteiger partial charge >= 0.3 is 0 Å². The largest absolute Gasteiger partial charge is 0.361 e. The van der Waals surface area contributed by atoms with Crippen LogP contribution in [0, 0.1) is 0 Å². The van der Waals surface area contributed by atoms with Crippen molar-refractivity contribution in [2.75, 3.05) is 6.54 Å². The Kier molecular flexibility index (Phi) is 3.58. The summed E-state index contributed by atoms with van der Waals surface area (Å²) in [6.07, 6.45) is 4.11. The van der Waals surface area contributed by atoms with Crippen molar-refractivity contribution in [3.8, 4) is 0 Å². The lowest BCUT2D eigenvalue weighted by atomic mass is 9.90. The van der Waals surface area contributed by atoms with Crippen molar-refractivity contribution in [3.05, 3.63) is 72.1 Å². The summed E-state index contributed by atoms with van der Waals surface area (Å²) in [6.45, 7) is 2.13. The molecule has 120 valence electrons. The summed E-state index contributed by atoms with van der Waals surface area (Å²) in [4.78, 5) is 18.2. The van der Waals surface area contributed by atoms with Gasteiger partial charge in [-0.2, -0.15) is 0 Å². The smallest absolute Gasteiger partial charge is 0.216 e. The Balaban J connectivity index is 1.86. The van der Waals surface area contributed by atoms with Crippen LogP contribution in [0.5, 0.6) is 0 Å². The summed E-state index contributed by atoms with van der Waals surface area (Å²) in [5, 5.41) is 5.37. The van der Waals surface area contributed by atoms with E-state index in [4.69, 9.17) is 0 Å². The third-order valence-corrected chi connectivity index (χ3v) is 4.55. The number of carbonyl (C=O) groups is 1. The van der Waals surface area contributed by atoms with Crippen LogP contribution in [0.3, 0.4) is 0 Å². The molecule has 0 spiro atoms. The SMILES string of the molecule is CC(=O)NCC(c1c[nH]c2ccccc12)c1c[nH]c2ccccc12. The molecule has 3 N–H and O–H groups in total. The second kappa shape index (κ2) is 5.89. The first-order valence-corrected chi connectivity index (χ1v) is 8.10. The Hall–Kier alpha value is -3.01. The molecular weight excluding hydrogens is 298 g/mol. The van der Waals surface area contributed by atoms with Gasteiger partial charge in [0.1, 0.15) is 0 Å². The minimum atomic E-state index is -0.0142. The lowest BCUT2D eigenvalue weighted by molar-refractivity contribution is -0.118. The molecule has 0 saturated carbocycles. The summed E-state index contributed by atoms with van der Waals surface area (Å²) in [5.74, 6) is 0.0703. The van der Waals surface area contributed by atoms with Crippen molar-refractivity contribution >= 4 is 27.7 Å². The second-order valence-electron chi connectivity index (χ2n) is 6.07. The number of rotatable bonds is 4. The second-order valence-corrected chi connectivity index (χ2v) is 6.07. The van der Waals surface area contributed by atoms with Crippen molar-refractivity contribution in [2.24, 2.45) is 0 Å². The molecule has 4 rings (SSSR count). The molecular formula is C20H19N3O. The quantitative estimate of drug-likeness (QED) is 0.525. The number of nitrogens with one attached hydrogen (secondary N) is 3. The highest BCUT2D eigenvalue weighted by Crippen LogP contribution is 2.34. The van der Waals surface area contributed by atoms with Crippen molar-refractivity contribution in [3.63, 3.8) is 0 Å². The molecule has 1 amide bonds. The molecule has 0 unspecified atom stereocenters. The first kappa shape index (κ1) is 14.6. The van der Waals surface area contributed by atoms with Crippen LogP contribution in [0.2, 0.25) is 0 Å². The van der Waals surface area contributed by atoms with Crippen molar-refractivity contribution < 1.29 is 4.79 Å². The Bertz CT molecular complexity index is 938. The molecule has 0 saturated heterocycles. The number of carbonyl (C=O) groups excluding carboxylic acids is 1. The zero-order chi connectivity index (χ0) is 16.5. The molecule has 2 aromatic heterocycles. The Morgan fingerprint density at radius 1 is 0.917 bits per heavy atom. The van der Waals surface area contributed by atoms with E-state index in [1.165, 1.54) is 21.9 Å². The molecule has 2 aromatic carbocycles. The van der Waals surface area contributed by atoms with Crippen LogP contribution >= 0.6 is 0 Å². The number of para-hydroxylation sites is 2. The molecule has 0 aliphatic carbocycles. The van der Waals surface area contributed by atoms with Crippen LogP contribution in [0.1, 0.15) is 24.0 Å². The molecule has 0 bridgehead atoms. The van der Waals surface area contributed by atoms with Crippen LogP contribution in [-0.4, -0.2) is 22.4 Å². The van der Waals surface area contributed by atoms with Crippen molar-refractivity contribution in [1.29, 1.82) is 0 Å². The van der Waals surface area contributed by atoms with Gasteiger partial charge in [0.2, 0.25) is 5.91 Å². The lowest BCUT2D eigenvalue weighted by Gasteiger charge is -2.17. The van der Waals surface area contributed by atoms with Crippen LogP contribution in [0.25, 0.3) is 21.8 Å². The highest BCUT2D eigenvalue weighted by atomic mass is 16.1. The topological polar surface area (TPSA) is 60.7 Å². The fourth-order valence-electron chi connectivity index (χ4n) is 3.40. The average Bonchev–Trinajstić information content (AvgIpc) is 3.20. The van der Waals surface area contributed by atoms with Gasteiger partial charge in [-0.3, -0.25) is 4.79 Å². The predicted molar refractivity (Wildman–Crippen MR) is 97.1 cm³/mol. The van der Waals surface area contributed by atoms with E-state index in [-0.39, 0.29) is 11.8 Å². The van der Waals surface area contributed by atoms with Gasteiger partial charge in [-0.15, -0.1) is 0 Å². The van der Waals surface area contributed by atoms with Crippen molar-refractivity contribution in [1.82, 2.24) is 15.3 Å². The fourth-order valence-corrected chi connectivity index (χ4v) is 3.40. The highest BCUT2D eigenvalue weighted by Gasteiger charge is 2.21. The van der Waals surface area contributed by atoms with Gasteiger partial charge in [-0.25, -0.2) is 0 Å². The average molecular weight is 317 g/mol. The first-order valence-electron chi connectivity index (χ1n) is 8.10. The maximum Gasteiger partial charge on any atom is 0.216 e. The summed E-state index contributed by atoms with van der Waals surface area (Å²) < 4.78 is 0. The van der Waals surface area contributed by atoms with Gasteiger partial charge in [0, 0.05) is 53.6 Å². The summed E-state index contributed by atoms with van der Waals surface area (Å²) >= 11 is 0. The van der Waals surface area contributed by atoms with E-state index in [0.717, 1.165) is 11.0 Å². The number of hydrogen-bond acceptors (Lipinski definition) is 1. The lowest BCUT2D eigenvalue weighted by Crippen LogP contribution is -2.26. The number of hydrogen-bond donors (Lipinski definition) is 3. The number of benzene rings is 2. The Morgan fingerprint density at radius 3 is 1.92 bits per heavy atom. The number of H-pyrrole nitrogens is 2. The maximum atomic E-state index is 11.5. The van der Waals surface area contributed by atoms with Gasteiger partial charge < -0.3 is 15.3 Å². The number of fused-ring (bicyclic) bond motifs is 2. The van der Waals surface area contributed by atoms with Crippen molar-refractivity contribution in [2.45, 2.75) is 12.8 Å². The number of amides is 1. The molecule has 0 fully saturated rings. The van der Waals surface area contributed by atoms with Gasteiger partial charge in [-0.05, 0) is 23.3 Å². The molecule has 2 heterocycles. The van der Waals surface area contributed by atoms with Crippen LogP contribution in [0.15, 0.2) is 60.9 Å². The molecule has 4 nitrogen and oxygen atoms in total. The Morgan fingerprint density at radius 2 is 1.42 bits per heavy atom. The van der Waals surface area contributed by atoms with Crippen LogP contribution in [-0.2, 0) is 4.79 Å².